The summed E-state index contributed by atoms with van der Waals surface area (Å²) >= 11 is 0. The minimum Gasteiger partial charge on any atom is -0.267 e. The second-order valence-electron chi connectivity index (χ2n) is 6.51. The Hall–Kier alpha value is -4.06. The number of nitrogens with one attached hydrogen (secondary N) is 1. The van der Waals surface area contributed by atoms with Crippen molar-refractivity contribution in [1.29, 1.82) is 0 Å². The summed E-state index contributed by atoms with van der Waals surface area (Å²) in [5.74, 6) is -0.295. The predicted molar refractivity (Wildman–Crippen MR) is 113 cm³/mol. The Morgan fingerprint density at radius 2 is 1.72 bits per heavy atom. The smallest absolute Gasteiger partial charge is 0.267 e. The summed E-state index contributed by atoms with van der Waals surface area (Å²) < 4.78 is 1.81. The van der Waals surface area contributed by atoms with Crippen LogP contribution in [0, 0.1) is 6.92 Å². The van der Waals surface area contributed by atoms with Crippen LogP contribution in [0.2, 0.25) is 0 Å². The van der Waals surface area contributed by atoms with Gasteiger partial charge in [-0.2, -0.15) is 10.2 Å². The van der Waals surface area contributed by atoms with E-state index >= 15 is 0 Å². The highest BCUT2D eigenvalue weighted by Crippen LogP contribution is 2.23. The standard InChI is InChI=1S/C23H19N5O/c1-17-7-9-18(10-8-17)22-20(16-28(27-22)21-5-3-2-4-6-21)15-25-26-23(29)19-11-13-24-14-12-19/h2-16H,1H3,(H,26,29)/b25-15-. The maximum atomic E-state index is 12.2. The van der Waals surface area contributed by atoms with Crippen molar-refractivity contribution in [3.63, 3.8) is 0 Å². The minimum atomic E-state index is -0.295. The van der Waals surface area contributed by atoms with E-state index in [1.165, 1.54) is 5.56 Å². The molecular weight excluding hydrogens is 362 g/mol. The quantitative estimate of drug-likeness (QED) is 0.419. The van der Waals surface area contributed by atoms with Gasteiger partial charge in [0.2, 0.25) is 0 Å². The third-order valence-corrected chi connectivity index (χ3v) is 4.40. The molecular formula is C23H19N5O. The van der Waals surface area contributed by atoms with Crippen LogP contribution in [0.3, 0.4) is 0 Å². The lowest BCUT2D eigenvalue weighted by Gasteiger charge is -2.01. The Morgan fingerprint density at radius 1 is 1.00 bits per heavy atom. The van der Waals surface area contributed by atoms with Gasteiger partial charge < -0.3 is 0 Å². The molecule has 0 aliphatic rings. The van der Waals surface area contributed by atoms with Gasteiger partial charge in [0.1, 0.15) is 5.69 Å². The number of pyridine rings is 1. The molecule has 2 aromatic carbocycles. The van der Waals surface area contributed by atoms with E-state index in [4.69, 9.17) is 5.10 Å². The second-order valence-corrected chi connectivity index (χ2v) is 6.51. The van der Waals surface area contributed by atoms with E-state index in [-0.39, 0.29) is 5.91 Å². The van der Waals surface area contributed by atoms with Gasteiger partial charge in [-0.3, -0.25) is 9.78 Å². The monoisotopic (exact) mass is 381 g/mol. The largest absolute Gasteiger partial charge is 0.271 e. The van der Waals surface area contributed by atoms with Crippen LogP contribution in [0.4, 0.5) is 0 Å². The van der Waals surface area contributed by atoms with Crippen LogP contribution < -0.4 is 5.43 Å². The van der Waals surface area contributed by atoms with Crippen molar-refractivity contribution in [3.8, 4) is 16.9 Å². The summed E-state index contributed by atoms with van der Waals surface area (Å²) in [6.07, 6.45) is 6.64. The van der Waals surface area contributed by atoms with E-state index < -0.39 is 0 Å². The number of hydrazone groups is 1. The zero-order valence-corrected chi connectivity index (χ0v) is 15.9. The van der Waals surface area contributed by atoms with Crippen LogP contribution in [0.15, 0.2) is 90.4 Å². The number of hydrogen-bond acceptors (Lipinski definition) is 4. The van der Waals surface area contributed by atoms with E-state index in [1.54, 1.807) is 35.4 Å². The molecule has 1 amide bonds. The molecule has 6 heteroatoms. The van der Waals surface area contributed by atoms with Crippen LogP contribution in [0.25, 0.3) is 16.9 Å². The molecule has 0 saturated carbocycles. The van der Waals surface area contributed by atoms with E-state index in [0.29, 0.717) is 5.56 Å². The predicted octanol–water partition coefficient (Wildman–Crippen LogP) is 4.01. The first kappa shape index (κ1) is 18.3. The average molecular weight is 381 g/mol. The molecule has 142 valence electrons. The third-order valence-electron chi connectivity index (χ3n) is 4.40. The number of hydrogen-bond donors (Lipinski definition) is 1. The number of carbonyl (C=O) groups is 1. The van der Waals surface area contributed by atoms with Crippen LogP contribution in [0.1, 0.15) is 21.5 Å². The summed E-state index contributed by atoms with van der Waals surface area (Å²) in [6, 6.07) is 21.3. The maximum Gasteiger partial charge on any atom is 0.271 e. The fourth-order valence-electron chi connectivity index (χ4n) is 2.86. The Balaban J connectivity index is 1.64. The summed E-state index contributed by atoms with van der Waals surface area (Å²) in [6.45, 7) is 2.04. The SMILES string of the molecule is Cc1ccc(-c2nn(-c3ccccc3)cc2/C=N\NC(=O)c2ccncc2)cc1. The van der Waals surface area contributed by atoms with E-state index in [1.807, 2.05) is 67.7 Å². The Bertz CT molecular complexity index is 1130. The van der Waals surface area contributed by atoms with E-state index in [9.17, 15) is 4.79 Å². The minimum absolute atomic E-state index is 0.295. The molecule has 0 aliphatic carbocycles. The lowest BCUT2D eigenvalue weighted by molar-refractivity contribution is 0.0955. The summed E-state index contributed by atoms with van der Waals surface area (Å²) in [4.78, 5) is 16.1. The highest BCUT2D eigenvalue weighted by molar-refractivity contribution is 5.95. The Kier molecular flexibility index (Phi) is 5.25. The number of amides is 1. The van der Waals surface area contributed by atoms with Crippen molar-refractivity contribution in [2.45, 2.75) is 6.92 Å². The van der Waals surface area contributed by atoms with Gasteiger partial charge in [0.05, 0.1) is 11.9 Å². The Labute approximate surface area is 168 Å². The zero-order valence-electron chi connectivity index (χ0n) is 15.9. The topological polar surface area (TPSA) is 72.2 Å². The maximum absolute atomic E-state index is 12.2. The molecule has 0 spiro atoms. The number of aryl methyl sites for hydroxylation is 1. The molecule has 2 aromatic heterocycles. The second kappa shape index (κ2) is 8.31. The van der Waals surface area contributed by atoms with Crippen LogP contribution in [0.5, 0.6) is 0 Å². The van der Waals surface area contributed by atoms with Crippen LogP contribution in [-0.2, 0) is 0 Å². The molecule has 0 saturated heterocycles. The van der Waals surface area contributed by atoms with Gasteiger partial charge >= 0.3 is 0 Å². The lowest BCUT2D eigenvalue weighted by Crippen LogP contribution is -2.17. The molecule has 2 heterocycles. The number of para-hydroxylation sites is 1. The first-order valence-corrected chi connectivity index (χ1v) is 9.16. The van der Waals surface area contributed by atoms with Crippen molar-refractivity contribution in [2.24, 2.45) is 5.10 Å². The van der Waals surface area contributed by atoms with Crippen LogP contribution in [-0.4, -0.2) is 26.9 Å². The number of rotatable bonds is 5. The van der Waals surface area contributed by atoms with Gasteiger partial charge in [-0.05, 0) is 31.2 Å². The Morgan fingerprint density at radius 3 is 2.45 bits per heavy atom. The van der Waals surface area contributed by atoms with Crippen molar-refractivity contribution >= 4 is 12.1 Å². The molecule has 0 bridgehead atoms. The summed E-state index contributed by atoms with van der Waals surface area (Å²) in [7, 11) is 0. The molecule has 4 rings (SSSR count). The number of nitrogens with zero attached hydrogens (tertiary/aromatic N) is 4. The van der Waals surface area contributed by atoms with E-state index in [2.05, 4.69) is 15.5 Å². The van der Waals surface area contributed by atoms with Gasteiger partial charge in [-0.1, -0.05) is 48.0 Å². The first-order valence-electron chi connectivity index (χ1n) is 9.16. The van der Waals surface area contributed by atoms with Gasteiger partial charge in [-0.15, -0.1) is 0 Å². The van der Waals surface area contributed by atoms with Gasteiger partial charge in [0.15, 0.2) is 0 Å². The summed E-state index contributed by atoms with van der Waals surface area (Å²) in [5.41, 5.74) is 7.73. The molecule has 0 radical (unpaired) electrons. The third kappa shape index (κ3) is 4.27. The van der Waals surface area contributed by atoms with Gasteiger partial charge in [0.25, 0.3) is 5.91 Å². The van der Waals surface area contributed by atoms with Crippen molar-refractivity contribution in [1.82, 2.24) is 20.2 Å². The molecule has 4 aromatic rings. The lowest BCUT2D eigenvalue weighted by atomic mass is 10.1. The number of benzene rings is 2. The fraction of sp³-hybridized carbons (Fsp3) is 0.0435. The zero-order chi connectivity index (χ0) is 20.1. The van der Waals surface area contributed by atoms with Crippen molar-refractivity contribution < 1.29 is 4.79 Å². The van der Waals surface area contributed by atoms with Crippen molar-refractivity contribution in [2.75, 3.05) is 0 Å². The fourth-order valence-corrected chi connectivity index (χ4v) is 2.86. The molecule has 0 unspecified atom stereocenters. The molecule has 6 nitrogen and oxygen atoms in total. The number of carbonyl (C=O) groups excluding carboxylic acids is 1. The van der Waals surface area contributed by atoms with Crippen LogP contribution >= 0.6 is 0 Å². The highest BCUT2D eigenvalue weighted by Gasteiger charge is 2.11. The molecule has 29 heavy (non-hydrogen) atoms. The summed E-state index contributed by atoms with van der Waals surface area (Å²) in [5, 5.41) is 8.87. The van der Waals surface area contributed by atoms with Gasteiger partial charge in [0, 0.05) is 35.3 Å². The van der Waals surface area contributed by atoms with Gasteiger partial charge in [-0.25, -0.2) is 10.1 Å². The molecule has 0 aliphatic heterocycles. The highest BCUT2D eigenvalue weighted by atomic mass is 16.2. The first-order chi connectivity index (χ1) is 14.2. The van der Waals surface area contributed by atoms with Crippen molar-refractivity contribution in [3.05, 3.63) is 102 Å². The molecule has 0 atom stereocenters. The number of aromatic nitrogens is 3. The normalized spacial score (nSPS) is 10.9. The van der Waals surface area contributed by atoms with E-state index in [0.717, 1.165) is 22.5 Å². The molecule has 1 N–H and O–H groups in total. The molecule has 0 fully saturated rings. The average Bonchev–Trinajstić information content (AvgIpc) is 3.19.